The second-order valence-corrected chi connectivity index (χ2v) is 5.73. The van der Waals surface area contributed by atoms with E-state index in [-0.39, 0.29) is 17.0 Å². The molecule has 0 atom stereocenters. The maximum Gasteiger partial charge on any atom is 0.573 e. The molecule has 0 fully saturated rings. The van der Waals surface area contributed by atoms with Crippen molar-refractivity contribution >= 4 is 28.0 Å². The highest BCUT2D eigenvalue weighted by molar-refractivity contribution is 6.53. The van der Waals surface area contributed by atoms with Crippen LogP contribution < -0.4 is 4.74 Å². The Balaban J connectivity index is 1.77. The van der Waals surface area contributed by atoms with Gasteiger partial charge < -0.3 is 9.94 Å². The Morgan fingerprint density at radius 2 is 1.62 bits per heavy atom. The highest BCUT2D eigenvalue weighted by Crippen LogP contribution is 2.34. The molecule has 130 valence electrons. The Morgan fingerprint density at radius 1 is 0.923 bits per heavy atom. The molecule has 7 heteroatoms. The first-order valence-corrected chi connectivity index (χ1v) is 7.62. The van der Waals surface area contributed by atoms with Crippen LogP contribution in [0.15, 0.2) is 60.7 Å². The summed E-state index contributed by atoms with van der Waals surface area (Å²) in [6.45, 7) is 0. The highest BCUT2D eigenvalue weighted by atomic mass is 19.4. The van der Waals surface area contributed by atoms with Crippen LogP contribution in [0, 0.1) is 5.21 Å². The van der Waals surface area contributed by atoms with E-state index in [0.29, 0.717) is 15.7 Å². The number of carbonyl (C=O) groups is 1. The minimum Gasteiger partial charge on any atom is -0.618 e. The van der Waals surface area contributed by atoms with Gasteiger partial charge in [0.25, 0.3) is 11.5 Å². The molecule has 0 radical (unpaired) electrons. The lowest BCUT2D eigenvalue weighted by Gasteiger charge is -2.08. The SMILES string of the molecule is O=C1C(c2ccc(OC(F)(F)F)cc2)=[N+]([O-])c2ccc3ccccc3c21. The first-order chi connectivity index (χ1) is 12.3. The van der Waals surface area contributed by atoms with E-state index in [1.165, 1.54) is 12.1 Å². The predicted molar refractivity (Wildman–Crippen MR) is 88.8 cm³/mol. The van der Waals surface area contributed by atoms with Crippen molar-refractivity contribution in [2.45, 2.75) is 6.36 Å². The zero-order valence-corrected chi connectivity index (χ0v) is 13.1. The van der Waals surface area contributed by atoms with E-state index in [9.17, 15) is 23.2 Å². The number of rotatable bonds is 2. The van der Waals surface area contributed by atoms with Crippen molar-refractivity contribution in [2.75, 3.05) is 0 Å². The Morgan fingerprint density at radius 3 is 2.31 bits per heavy atom. The quantitative estimate of drug-likeness (QED) is 0.499. The van der Waals surface area contributed by atoms with E-state index in [4.69, 9.17) is 0 Å². The van der Waals surface area contributed by atoms with Crippen LogP contribution in [-0.4, -0.2) is 22.6 Å². The molecule has 0 unspecified atom stereocenters. The lowest BCUT2D eigenvalue weighted by Crippen LogP contribution is -2.18. The van der Waals surface area contributed by atoms with Gasteiger partial charge in [-0.3, -0.25) is 4.79 Å². The van der Waals surface area contributed by atoms with Gasteiger partial charge in [-0.25, -0.2) is 0 Å². The minimum absolute atomic E-state index is 0.130. The van der Waals surface area contributed by atoms with Crippen LogP contribution >= 0.6 is 0 Å². The Kier molecular flexibility index (Phi) is 3.47. The van der Waals surface area contributed by atoms with Gasteiger partial charge in [-0.1, -0.05) is 24.3 Å². The molecule has 0 bridgehead atoms. The van der Waals surface area contributed by atoms with Crippen molar-refractivity contribution in [3.8, 4) is 5.75 Å². The third kappa shape index (κ3) is 2.57. The van der Waals surface area contributed by atoms with Crippen LogP contribution in [0.1, 0.15) is 15.9 Å². The molecule has 4 rings (SSSR count). The minimum atomic E-state index is -4.81. The first kappa shape index (κ1) is 16.1. The lowest BCUT2D eigenvalue weighted by atomic mass is 9.97. The van der Waals surface area contributed by atoms with Gasteiger partial charge in [-0.05, 0) is 41.1 Å². The summed E-state index contributed by atoms with van der Waals surface area (Å²) in [5, 5.41) is 14.1. The molecule has 0 aromatic heterocycles. The monoisotopic (exact) mass is 357 g/mol. The fourth-order valence-electron chi connectivity index (χ4n) is 3.06. The second kappa shape index (κ2) is 5.59. The van der Waals surface area contributed by atoms with Crippen LogP contribution in [-0.2, 0) is 0 Å². The Labute approximate surface area is 145 Å². The molecule has 1 heterocycles. The first-order valence-electron chi connectivity index (χ1n) is 7.62. The summed E-state index contributed by atoms with van der Waals surface area (Å²) in [6.07, 6.45) is -4.81. The van der Waals surface area contributed by atoms with Crippen LogP contribution in [0.5, 0.6) is 5.75 Å². The summed E-state index contributed by atoms with van der Waals surface area (Å²) < 4.78 is 41.1. The molecule has 0 spiro atoms. The molecule has 0 aliphatic carbocycles. The zero-order chi connectivity index (χ0) is 18.5. The van der Waals surface area contributed by atoms with Crippen molar-refractivity contribution in [1.82, 2.24) is 0 Å². The van der Waals surface area contributed by atoms with Crippen molar-refractivity contribution in [3.63, 3.8) is 0 Å². The molecular formula is C19H10F3NO3. The van der Waals surface area contributed by atoms with Gasteiger partial charge in [0.1, 0.15) is 11.3 Å². The summed E-state index contributed by atoms with van der Waals surface area (Å²) >= 11 is 0. The average Bonchev–Trinajstić information content (AvgIpc) is 2.86. The van der Waals surface area contributed by atoms with Gasteiger partial charge in [-0.2, -0.15) is 4.74 Å². The van der Waals surface area contributed by atoms with Crippen molar-refractivity contribution in [3.05, 3.63) is 77.0 Å². The van der Waals surface area contributed by atoms with Crippen LogP contribution in [0.25, 0.3) is 10.8 Å². The van der Waals surface area contributed by atoms with Crippen molar-refractivity contribution in [1.29, 1.82) is 0 Å². The van der Waals surface area contributed by atoms with Gasteiger partial charge in [0.05, 0.1) is 5.56 Å². The topological polar surface area (TPSA) is 52.4 Å². The normalized spacial score (nSPS) is 14.0. The summed E-state index contributed by atoms with van der Waals surface area (Å²) in [5.74, 6) is -0.885. The molecular weight excluding hydrogens is 347 g/mol. The zero-order valence-electron chi connectivity index (χ0n) is 13.1. The fraction of sp³-hybridized carbons (Fsp3) is 0.0526. The fourth-order valence-corrected chi connectivity index (χ4v) is 3.06. The number of fused-ring (bicyclic) bond motifs is 3. The molecule has 4 nitrogen and oxygen atoms in total. The number of ketones is 1. The van der Waals surface area contributed by atoms with Crippen LogP contribution in [0.4, 0.5) is 18.9 Å². The third-order valence-electron chi connectivity index (χ3n) is 4.13. The molecule has 0 N–H and O–H groups in total. The summed E-state index contributed by atoms with van der Waals surface area (Å²) in [4.78, 5) is 12.8. The van der Waals surface area contributed by atoms with Crippen molar-refractivity contribution < 1.29 is 27.4 Å². The number of benzene rings is 3. The van der Waals surface area contributed by atoms with Crippen molar-refractivity contribution in [2.24, 2.45) is 0 Å². The van der Waals surface area contributed by atoms with E-state index in [1.54, 1.807) is 24.3 Å². The summed E-state index contributed by atoms with van der Waals surface area (Å²) in [7, 11) is 0. The third-order valence-corrected chi connectivity index (χ3v) is 4.13. The number of hydrogen-bond acceptors (Lipinski definition) is 3. The van der Waals surface area contributed by atoms with Gasteiger partial charge >= 0.3 is 6.36 Å². The Hall–Kier alpha value is -3.35. The van der Waals surface area contributed by atoms with E-state index in [1.807, 2.05) is 12.1 Å². The number of nitrogens with zero attached hydrogens (tertiary/aromatic N) is 1. The largest absolute Gasteiger partial charge is 0.618 e. The number of hydrogen-bond donors (Lipinski definition) is 0. The highest BCUT2D eigenvalue weighted by Gasteiger charge is 2.38. The molecule has 3 aromatic carbocycles. The number of ether oxygens (including phenoxy) is 1. The van der Waals surface area contributed by atoms with Crippen LogP contribution in [0.3, 0.4) is 0 Å². The number of Topliss-reactive ketones (excluding diaryl/α,β-unsaturated/α-hetero) is 1. The molecule has 1 aliphatic rings. The summed E-state index contributed by atoms with van der Waals surface area (Å²) in [6, 6.07) is 15.1. The molecule has 3 aromatic rings. The van der Waals surface area contributed by atoms with Gasteiger partial charge in [0.15, 0.2) is 0 Å². The standard InChI is InChI=1S/C19H10F3NO3/c20-19(21,22)26-13-8-5-12(6-9-13)17-18(24)16-14-4-2-1-3-11(14)7-10-15(16)23(17)25/h1-10H. The van der Waals surface area contributed by atoms with Gasteiger partial charge in [0, 0.05) is 6.07 Å². The number of halogens is 3. The van der Waals surface area contributed by atoms with E-state index in [0.717, 1.165) is 17.5 Å². The average molecular weight is 357 g/mol. The van der Waals surface area contributed by atoms with E-state index in [2.05, 4.69) is 4.74 Å². The number of alkyl halides is 3. The maximum atomic E-state index is 12.8. The van der Waals surface area contributed by atoms with Crippen LogP contribution in [0.2, 0.25) is 0 Å². The van der Waals surface area contributed by atoms with E-state index < -0.39 is 17.9 Å². The Bertz CT molecular complexity index is 1070. The molecule has 0 saturated heterocycles. The van der Waals surface area contributed by atoms with Gasteiger partial charge in [0.2, 0.25) is 5.69 Å². The summed E-state index contributed by atoms with van der Waals surface area (Å²) in [5.41, 5.74) is 0.609. The lowest BCUT2D eigenvalue weighted by molar-refractivity contribution is -0.355. The van der Waals surface area contributed by atoms with Gasteiger partial charge in [-0.15, -0.1) is 13.2 Å². The smallest absolute Gasteiger partial charge is 0.573 e. The molecule has 0 saturated carbocycles. The van der Waals surface area contributed by atoms with E-state index >= 15 is 0 Å². The predicted octanol–water partition coefficient (Wildman–Crippen LogP) is 4.57. The maximum absolute atomic E-state index is 12.8. The molecule has 26 heavy (non-hydrogen) atoms. The molecule has 0 amide bonds. The second-order valence-electron chi connectivity index (χ2n) is 5.73. The molecule has 1 aliphatic heterocycles. The number of carbonyl (C=O) groups excluding carboxylic acids is 1.